The quantitative estimate of drug-likeness (QED) is 0.181. The zero-order valence-corrected chi connectivity index (χ0v) is 28.5. The number of fused-ring (bicyclic) bond motifs is 2. The van der Waals surface area contributed by atoms with Gasteiger partial charge in [0.15, 0.2) is 11.6 Å². The van der Waals surface area contributed by atoms with Crippen molar-refractivity contribution in [3.63, 3.8) is 0 Å². The van der Waals surface area contributed by atoms with Crippen LogP contribution in [-0.2, 0) is 11.3 Å². The number of aromatic hydroxyl groups is 1. The molecule has 268 valence electrons. The molecule has 0 radical (unpaired) electrons. The maximum Gasteiger partial charge on any atom is 0.420 e. The summed E-state index contributed by atoms with van der Waals surface area (Å²) in [6.07, 6.45) is 10.8. The number of alkyl halides is 1. The molecule has 14 heteroatoms. The summed E-state index contributed by atoms with van der Waals surface area (Å²) < 4.78 is 42.2. The third kappa shape index (κ3) is 6.61. The molecule has 5 heterocycles. The Balaban J connectivity index is 1.29. The molecule has 52 heavy (non-hydrogen) atoms. The van der Waals surface area contributed by atoms with Gasteiger partial charge in [0.2, 0.25) is 5.91 Å². The molecule has 7 rings (SSSR count). The lowest BCUT2D eigenvalue weighted by Gasteiger charge is -2.36. The first-order chi connectivity index (χ1) is 25.1. The number of carbonyl (C=O) groups excluding carboxylic acids is 2. The van der Waals surface area contributed by atoms with Crippen LogP contribution < -0.4 is 29.5 Å². The van der Waals surface area contributed by atoms with Gasteiger partial charge >= 0.3 is 12.1 Å². The molecule has 4 aromatic rings. The van der Waals surface area contributed by atoms with E-state index in [2.05, 4.69) is 22.8 Å². The molecule has 2 saturated heterocycles. The Morgan fingerprint density at radius 1 is 1.23 bits per heavy atom. The molecule has 0 aliphatic carbocycles. The molecule has 3 aliphatic heterocycles. The fraction of sp³-hybridized carbons (Fsp3) is 0.342. The highest BCUT2D eigenvalue weighted by molar-refractivity contribution is 6.06. The molecule has 2 amide bonds. The minimum atomic E-state index is -1.09. The Bertz CT molecular complexity index is 2090. The highest BCUT2D eigenvalue weighted by atomic mass is 19.1. The van der Waals surface area contributed by atoms with Gasteiger partial charge < -0.3 is 29.7 Å². The molecule has 2 aromatic heterocycles. The third-order valence-electron chi connectivity index (χ3n) is 9.76. The minimum absolute atomic E-state index is 0.0253. The highest BCUT2D eigenvalue weighted by Crippen LogP contribution is 2.42. The first kappa shape index (κ1) is 34.5. The van der Waals surface area contributed by atoms with Gasteiger partial charge in [-0.05, 0) is 61.9 Å². The Hall–Kier alpha value is -5.97. The zero-order chi connectivity index (χ0) is 36.6. The van der Waals surface area contributed by atoms with Crippen molar-refractivity contribution in [1.29, 1.82) is 0 Å². The number of benzene rings is 2. The number of carbonyl (C=O) groups is 2. The van der Waals surface area contributed by atoms with E-state index in [-0.39, 0.29) is 83.7 Å². The number of hydrogen-bond acceptors (Lipinski definition) is 10. The van der Waals surface area contributed by atoms with Crippen LogP contribution in [-0.4, -0.2) is 76.1 Å². The number of halogens is 2. The number of aromatic nitrogens is 3. The number of hydrogen-bond donors (Lipinski definition) is 2. The van der Waals surface area contributed by atoms with E-state index in [1.165, 1.54) is 35.2 Å². The van der Waals surface area contributed by atoms with Gasteiger partial charge in [0.1, 0.15) is 30.0 Å². The third-order valence-corrected chi connectivity index (χ3v) is 9.76. The maximum atomic E-state index is 15.0. The molecular formula is C38H37F2N7O5. The molecule has 2 N–H and O–H groups in total. The average molecular weight is 710 g/mol. The second kappa shape index (κ2) is 14.0. The van der Waals surface area contributed by atoms with Gasteiger partial charge in [-0.2, -0.15) is 9.97 Å². The summed E-state index contributed by atoms with van der Waals surface area (Å²) in [5, 5.41) is 14.2. The van der Waals surface area contributed by atoms with Gasteiger partial charge in [0.25, 0.3) is 0 Å². The number of rotatable bonds is 8. The van der Waals surface area contributed by atoms with E-state index in [1.54, 1.807) is 12.4 Å². The number of amides is 2. The van der Waals surface area contributed by atoms with E-state index in [0.29, 0.717) is 24.9 Å². The molecule has 3 aliphatic rings. The molecule has 2 aromatic carbocycles. The standard InChI is InChI=1S/C38H37F2N7O5/c1-4-28-29(40)10-9-23-16-27(48)17-31(33(23)28)46-21-30-34(52-37(46)50)35(45-15-7-6-8-25(20-45)42-32(49)5-2)44-36(43-30)51-22-38(3)18-24(39)19-47(38)26-11-13-41-14-12-26/h1,5,9-14,16-17,24-25,48H,2,6-8,15,18-22H2,3H3,(H,42,49)/t24-,25?,38+/m1/s1. The Labute approximate surface area is 299 Å². The fourth-order valence-electron chi connectivity index (χ4n) is 7.33. The normalized spacial score (nSPS) is 21.6. The summed E-state index contributed by atoms with van der Waals surface area (Å²) >= 11 is 0. The van der Waals surface area contributed by atoms with E-state index < -0.39 is 23.6 Å². The molecule has 2 fully saturated rings. The van der Waals surface area contributed by atoms with Crippen LogP contribution in [0.3, 0.4) is 0 Å². The Morgan fingerprint density at radius 3 is 2.81 bits per heavy atom. The second-order valence-corrected chi connectivity index (χ2v) is 13.4. The predicted molar refractivity (Wildman–Crippen MR) is 191 cm³/mol. The van der Waals surface area contributed by atoms with Gasteiger partial charge in [-0.15, -0.1) is 6.42 Å². The molecule has 0 saturated carbocycles. The lowest BCUT2D eigenvalue weighted by Crippen LogP contribution is -2.46. The van der Waals surface area contributed by atoms with E-state index in [9.17, 15) is 23.5 Å². The van der Waals surface area contributed by atoms with Crippen molar-refractivity contribution in [2.75, 3.05) is 40.9 Å². The zero-order valence-electron chi connectivity index (χ0n) is 28.5. The number of terminal acetylenes is 1. The molecule has 0 spiro atoms. The molecule has 0 bridgehead atoms. The first-order valence-corrected chi connectivity index (χ1v) is 17.0. The van der Waals surface area contributed by atoms with Crippen LogP contribution in [0.4, 0.5) is 30.8 Å². The van der Waals surface area contributed by atoms with Gasteiger partial charge in [-0.3, -0.25) is 14.7 Å². The SMILES string of the molecule is C#Cc1c(F)ccc2cc(O)cc(N3Cc4nc(OC[C@]5(C)C[C@@H](F)CN5c5ccncc5)nc(N5CCCCC(NC(=O)C=C)C5)c4OC3=O)c12. The Morgan fingerprint density at radius 2 is 2.04 bits per heavy atom. The van der Waals surface area contributed by atoms with Gasteiger partial charge in [0, 0.05) is 61.6 Å². The predicted octanol–water partition coefficient (Wildman–Crippen LogP) is 5.42. The van der Waals surface area contributed by atoms with Crippen molar-refractivity contribution < 1.29 is 33.0 Å². The number of nitrogens with zero attached hydrogens (tertiary/aromatic N) is 6. The number of nitrogens with one attached hydrogen (secondary N) is 1. The maximum absolute atomic E-state index is 15.0. The lowest BCUT2D eigenvalue weighted by atomic mass is 9.99. The van der Waals surface area contributed by atoms with Crippen LogP contribution in [0.25, 0.3) is 10.8 Å². The van der Waals surface area contributed by atoms with Crippen LogP contribution in [0.5, 0.6) is 17.5 Å². The van der Waals surface area contributed by atoms with Gasteiger partial charge in [-0.1, -0.05) is 18.6 Å². The van der Waals surface area contributed by atoms with E-state index in [0.717, 1.165) is 18.5 Å². The molecule has 3 atom stereocenters. The van der Waals surface area contributed by atoms with Crippen molar-refractivity contribution >= 4 is 40.0 Å². The Kier molecular flexibility index (Phi) is 9.27. The number of ether oxygens (including phenoxy) is 2. The van der Waals surface area contributed by atoms with Crippen LogP contribution in [0, 0.1) is 18.2 Å². The summed E-state index contributed by atoms with van der Waals surface area (Å²) in [7, 11) is 0. The van der Waals surface area contributed by atoms with Crippen molar-refractivity contribution in [2.45, 2.75) is 56.9 Å². The molecule has 12 nitrogen and oxygen atoms in total. The highest BCUT2D eigenvalue weighted by Gasteiger charge is 2.44. The number of anilines is 3. The number of pyridine rings is 1. The number of phenols is 1. The van der Waals surface area contributed by atoms with Crippen molar-refractivity contribution in [3.8, 4) is 29.9 Å². The van der Waals surface area contributed by atoms with Crippen LogP contribution >= 0.6 is 0 Å². The van der Waals surface area contributed by atoms with E-state index in [1.807, 2.05) is 28.9 Å². The van der Waals surface area contributed by atoms with Gasteiger partial charge in [0.05, 0.1) is 23.3 Å². The van der Waals surface area contributed by atoms with Crippen molar-refractivity contribution in [3.05, 3.63) is 78.5 Å². The smallest absolute Gasteiger partial charge is 0.420 e. The largest absolute Gasteiger partial charge is 0.508 e. The molecule has 1 unspecified atom stereocenters. The summed E-state index contributed by atoms with van der Waals surface area (Å²) in [5.41, 5.74) is 0.358. The van der Waals surface area contributed by atoms with Crippen LogP contribution in [0.15, 0.2) is 61.4 Å². The van der Waals surface area contributed by atoms with E-state index in [4.69, 9.17) is 25.9 Å². The van der Waals surface area contributed by atoms with Crippen molar-refractivity contribution in [1.82, 2.24) is 20.3 Å². The topological polar surface area (TPSA) is 133 Å². The van der Waals surface area contributed by atoms with E-state index >= 15 is 0 Å². The first-order valence-electron chi connectivity index (χ1n) is 17.0. The monoisotopic (exact) mass is 709 g/mol. The summed E-state index contributed by atoms with van der Waals surface area (Å²) in [4.78, 5) is 44.7. The van der Waals surface area contributed by atoms with Crippen molar-refractivity contribution in [2.24, 2.45) is 0 Å². The minimum Gasteiger partial charge on any atom is -0.508 e. The summed E-state index contributed by atoms with van der Waals surface area (Å²) in [6.45, 7) is 6.38. The summed E-state index contributed by atoms with van der Waals surface area (Å²) in [6, 6.07) is 8.76. The fourth-order valence-corrected chi connectivity index (χ4v) is 7.33. The lowest BCUT2D eigenvalue weighted by molar-refractivity contribution is -0.117. The average Bonchev–Trinajstić information content (AvgIpc) is 3.27. The van der Waals surface area contributed by atoms with Gasteiger partial charge in [-0.25, -0.2) is 13.6 Å². The molecular weight excluding hydrogens is 672 g/mol. The van der Waals surface area contributed by atoms with Crippen LogP contribution in [0.2, 0.25) is 0 Å². The number of phenolic OH excluding ortho intramolecular Hbond substituents is 1. The second-order valence-electron chi connectivity index (χ2n) is 13.4. The van der Waals surface area contributed by atoms with Crippen LogP contribution in [0.1, 0.15) is 43.9 Å². The summed E-state index contributed by atoms with van der Waals surface area (Å²) in [5.74, 6) is 1.62.